The fourth-order valence-corrected chi connectivity index (χ4v) is 1.96. The summed E-state index contributed by atoms with van der Waals surface area (Å²) >= 11 is 0. The number of nitriles is 1. The van der Waals surface area contributed by atoms with Crippen LogP contribution in [0.1, 0.15) is 22.3 Å². The zero-order valence-electron chi connectivity index (χ0n) is 11.3. The van der Waals surface area contributed by atoms with Gasteiger partial charge in [0.2, 0.25) is 0 Å². The molecule has 1 N–H and O–H groups in total. The third kappa shape index (κ3) is 3.76. The molecule has 2 nitrogen and oxygen atoms in total. The molecule has 108 valence electrons. The van der Waals surface area contributed by atoms with Crippen molar-refractivity contribution in [3.05, 3.63) is 64.7 Å². The Morgan fingerprint density at radius 1 is 1.14 bits per heavy atom. The number of anilines is 1. The minimum atomic E-state index is -4.35. The van der Waals surface area contributed by atoms with E-state index in [9.17, 15) is 13.2 Å². The predicted molar refractivity (Wildman–Crippen MR) is 74.7 cm³/mol. The maximum Gasteiger partial charge on any atom is 0.416 e. The van der Waals surface area contributed by atoms with Gasteiger partial charge in [-0.1, -0.05) is 18.2 Å². The first-order chi connectivity index (χ1) is 9.90. The molecule has 0 amide bonds. The molecule has 0 aliphatic heterocycles. The van der Waals surface area contributed by atoms with E-state index in [4.69, 9.17) is 5.26 Å². The summed E-state index contributed by atoms with van der Waals surface area (Å²) in [5, 5.41) is 12.0. The van der Waals surface area contributed by atoms with Crippen LogP contribution in [-0.4, -0.2) is 0 Å². The van der Waals surface area contributed by atoms with E-state index in [0.717, 1.165) is 17.7 Å². The fraction of sp³-hybridized carbons (Fsp3) is 0.188. The monoisotopic (exact) mass is 290 g/mol. The Hall–Kier alpha value is -2.48. The Kier molecular flexibility index (Phi) is 4.18. The summed E-state index contributed by atoms with van der Waals surface area (Å²) in [5.41, 5.74) is 1.89. The molecule has 0 bridgehead atoms. The first kappa shape index (κ1) is 14.9. The minimum absolute atomic E-state index is 0.224. The molecule has 0 radical (unpaired) electrons. The van der Waals surface area contributed by atoms with Crippen LogP contribution in [0.3, 0.4) is 0 Å². The number of rotatable bonds is 3. The Balaban J connectivity index is 2.18. The second kappa shape index (κ2) is 5.88. The SMILES string of the molecule is Cc1ccc(C#N)c(NCc2cccc(C(F)(F)F)c2)c1. The molecular formula is C16H13F3N2. The molecule has 0 heterocycles. The number of hydrogen-bond acceptors (Lipinski definition) is 2. The number of aryl methyl sites for hydroxylation is 1. The number of nitrogens with zero attached hydrogens (tertiary/aromatic N) is 1. The lowest BCUT2D eigenvalue weighted by Crippen LogP contribution is -2.07. The van der Waals surface area contributed by atoms with Crippen LogP contribution in [-0.2, 0) is 12.7 Å². The molecule has 0 aliphatic rings. The summed E-state index contributed by atoms with van der Waals surface area (Å²) in [6.45, 7) is 2.11. The molecule has 0 saturated carbocycles. The highest BCUT2D eigenvalue weighted by molar-refractivity contribution is 5.59. The fourth-order valence-electron chi connectivity index (χ4n) is 1.96. The Labute approximate surface area is 120 Å². The van der Waals surface area contributed by atoms with Gasteiger partial charge >= 0.3 is 6.18 Å². The van der Waals surface area contributed by atoms with Crippen molar-refractivity contribution in [1.29, 1.82) is 5.26 Å². The maximum absolute atomic E-state index is 12.6. The third-order valence-electron chi connectivity index (χ3n) is 3.03. The number of nitrogens with one attached hydrogen (secondary N) is 1. The van der Waals surface area contributed by atoms with E-state index in [1.54, 1.807) is 18.2 Å². The average Bonchev–Trinajstić information content (AvgIpc) is 2.45. The van der Waals surface area contributed by atoms with Crippen LogP contribution in [0.5, 0.6) is 0 Å². The van der Waals surface area contributed by atoms with Gasteiger partial charge < -0.3 is 5.32 Å². The van der Waals surface area contributed by atoms with Crippen molar-refractivity contribution in [2.75, 3.05) is 5.32 Å². The molecule has 0 aliphatic carbocycles. The van der Waals surface area contributed by atoms with Gasteiger partial charge in [-0.05, 0) is 42.3 Å². The average molecular weight is 290 g/mol. The summed E-state index contributed by atoms with van der Waals surface area (Å²) < 4.78 is 37.9. The van der Waals surface area contributed by atoms with Crippen LogP contribution in [0.25, 0.3) is 0 Å². The van der Waals surface area contributed by atoms with Crippen LogP contribution < -0.4 is 5.32 Å². The van der Waals surface area contributed by atoms with E-state index in [2.05, 4.69) is 11.4 Å². The lowest BCUT2D eigenvalue weighted by molar-refractivity contribution is -0.137. The molecule has 0 spiro atoms. The van der Waals surface area contributed by atoms with Gasteiger partial charge in [-0.3, -0.25) is 0 Å². The first-order valence-corrected chi connectivity index (χ1v) is 6.31. The van der Waals surface area contributed by atoms with E-state index in [1.165, 1.54) is 6.07 Å². The Morgan fingerprint density at radius 3 is 2.57 bits per heavy atom. The molecule has 0 fully saturated rings. The molecular weight excluding hydrogens is 277 g/mol. The smallest absolute Gasteiger partial charge is 0.380 e. The summed E-state index contributed by atoms with van der Waals surface area (Å²) in [6, 6.07) is 12.5. The second-order valence-corrected chi connectivity index (χ2v) is 4.71. The molecule has 21 heavy (non-hydrogen) atoms. The van der Waals surface area contributed by atoms with E-state index >= 15 is 0 Å². The Morgan fingerprint density at radius 2 is 1.90 bits per heavy atom. The van der Waals surface area contributed by atoms with Gasteiger partial charge in [0, 0.05) is 6.54 Å². The molecule has 2 rings (SSSR count). The van der Waals surface area contributed by atoms with Crippen LogP contribution in [0.4, 0.5) is 18.9 Å². The van der Waals surface area contributed by atoms with Crippen LogP contribution >= 0.6 is 0 Å². The number of hydrogen-bond donors (Lipinski definition) is 1. The highest BCUT2D eigenvalue weighted by Crippen LogP contribution is 2.29. The van der Waals surface area contributed by atoms with Gasteiger partial charge in [-0.15, -0.1) is 0 Å². The largest absolute Gasteiger partial charge is 0.416 e. The summed E-state index contributed by atoms with van der Waals surface area (Å²) in [7, 11) is 0. The summed E-state index contributed by atoms with van der Waals surface area (Å²) in [5.74, 6) is 0. The van der Waals surface area contributed by atoms with Crippen molar-refractivity contribution in [2.24, 2.45) is 0 Å². The maximum atomic E-state index is 12.6. The zero-order chi connectivity index (χ0) is 15.5. The van der Waals surface area contributed by atoms with Crippen LogP contribution in [0, 0.1) is 18.3 Å². The van der Waals surface area contributed by atoms with Crippen molar-refractivity contribution >= 4 is 5.69 Å². The topological polar surface area (TPSA) is 35.8 Å². The van der Waals surface area contributed by atoms with Crippen molar-refractivity contribution < 1.29 is 13.2 Å². The molecule has 2 aromatic rings. The van der Waals surface area contributed by atoms with Gasteiger partial charge in [-0.2, -0.15) is 18.4 Å². The highest BCUT2D eigenvalue weighted by Gasteiger charge is 2.30. The van der Waals surface area contributed by atoms with E-state index in [-0.39, 0.29) is 6.54 Å². The first-order valence-electron chi connectivity index (χ1n) is 6.31. The minimum Gasteiger partial charge on any atom is -0.380 e. The molecule has 0 atom stereocenters. The molecule has 5 heteroatoms. The predicted octanol–water partition coefficient (Wildman–Crippen LogP) is 4.50. The quantitative estimate of drug-likeness (QED) is 0.903. The number of benzene rings is 2. The van der Waals surface area contributed by atoms with Crippen molar-refractivity contribution in [1.82, 2.24) is 0 Å². The van der Waals surface area contributed by atoms with Crippen molar-refractivity contribution in [3.63, 3.8) is 0 Å². The van der Waals surface area contributed by atoms with Gasteiger partial charge in [-0.25, -0.2) is 0 Å². The zero-order valence-corrected chi connectivity index (χ0v) is 11.3. The standard InChI is InChI=1S/C16H13F3N2/c1-11-5-6-13(9-20)15(7-11)21-10-12-3-2-4-14(8-12)16(17,18)19/h2-8,21H,10H2,1H3. The number of alkyl halides is 3. The number of halogens is 3. The third-order valence-corrected chi connectivity index (χ3v) is 3.03. The Bertz CT molecular complexity index is 685. The molecule has 0 aromatic heterocycles. The van der Waals surface area contributed by atoms with Crippen LogP contribution in [0.15, 0.2) is 42.5 Å². The molecule has 2 aromatic carbocycles. The molecule has 0 saturated heterocycles. The van der Waals surface area contributed by atoms with Gasteiger partial charge in [0.15, 0.2) is 0 Å². The van der Waals surface area contributed by atoms with Crippen molar-refractivity contribution in [3.8, 4) is 6.07 Å². The van der Waals surface area contributed by atoms with E-state index < -0.39 is 11.7 Å². The van der Waals surface area contributed by atoms with E-state index in [1.807, 2.05) is 13.0 Å². The van der Waals surface area contributed by atoms with Crippen LogP contribution in [0.2, 0.25) is 0 Å². The molecule has 0 unspecified atom stereocenters. The van der Waals surface area contributed by atoms with E-state index in [0.29, 0.717) is 16.8 Å². The summed E-state index contributed by atoms with van der Waals surface area (Å²) in [6.07, 6.45) is -4.35. The van der Waals surface area contributed by atoms with Gasteiger partial charge in [0.05, 0.1) is 16.8 Å². The highest BCUT2D eigenvalue weighted by atomic mass is 19.4. The summed E-state index contributed by atoms with van der Waals surface area (Å²) in [4.78, 5) is 0. The lowest BCUT2D eigenvalue weighted by Gasteiger charge is -2.11. The second-order valence-electron chi connectivity index (χ2n) is 4.71. The van der Waals surface area contributed by atoms with Crippen molar-refractivity contribution in [2.45, 2.75) is 19.6 Å². The normalized spacial score (nSPS) is 11.0. The van der Waals surface area contributed by atoms with Gasteiger partial charge in [0.25, 0.3) is 0 Å². The van der Waals surface area contributed by atoms with Gasteiger partial charge in [0.1, 0.15) is 6.07 Å². The lowest BCUT2D eigenvalue weighted by atomic mass is 10.1.